The zero-order valence-electron chi connectivity index (χ0n) is 13.6. The monoisotopic (exact) mass is 362 g/mol. The second-order valence-electron chi connectivity index (χ2n) is 5.62. The first-order valence-electron chi connectivity index (χ1n) is 7.86. The van der Waals surface area contributed by atoms with Crippen LogP contribution in [0.1, 0.15) is 5.56 Å². The molecule has 0 aliphatic heterocycles. The van der Waals surface area contributed by atoms with Crippen molar-refractivity contribution in [1.29, 1.82) is 0 Å². The van der Waals surface area contributed by atoms with Crippen LogP contribution >= 0.6 is 0 Å². The highest BCUT2D eigenvalue weighted by atomic mass is 19.1. The molecule has 136 valence electrons. The van der Waals surface area contributed by atoms with Crippen LogP contribution in [0, 0.1) is 11.6 Å². The van der Waals surface area contributed by atoms with Gasteiger partial charge in [0.05, 0.1) is 25.9 Å². The lowest BCUT2D eigenvalue weighted by Crippen LogP contribution is -2.28. The summed E-state index contributed by atoms with van der Waals surface area (Å²) >= 11 is 0. The largest absolute Gasteiger partial charge is 0.437 e. The van der Waals surface area contributed by atoms with Crippen LogP contribution < -0.4 is 5.76 Å². The Kier molecular flexibility index (Phi) is 5.55. The van der Waals surface area contributed by atoms with E-state index in [1.807, 2.05) is 0 Å². The zero-order chi connectivity index (χ0) is 18.5. The Balaban J connectivity index is 1.57. The van der Waals surface area contributed by atoms with E-state index in [1.54, 1.807) is 18.2 Å². The molecule has 0 aliphatic rings. The van der Waals surface area contributed by atoms with Gasteiger partial charge >= 0.3 is 5.76 Å². The summed E-state index contributed by atoms with van der Waals surface area (Å²) in [6.07, 6.45) is -1.04. The summed E-state index contributed by atoms with van der Waals surface area (Å²) < 4.78 is 37.6. The van der Waals surface area contributed by atoms with Crippen LogP contribution in [0.3, 0.4) is 0 Å². The smallest absolute Gasteiger partial charge is 0.389 e. The number of hydrogen-bond donors (Lipinski definition) is 1. The summed E-state index contributed by atoms with van der Waals surface area (Å²) in [5.41, 5.74) is 0.810. The maximum Gasteiger partial charge on any atom is 0.437 e. The van der Waals surface area contributed by atoms with E-state index in [0.29, 0.717) is 11.1 Å². The molecule has 1 heterocycles. The van der Waals surface area contributed by atoms with Crippen molar-refractivity contribution in [3.05, 3.63) is 76.3 Å². The lowest BCUT2D eigenvalue weighted by Gasteiger charge is -2.10. The second kappa shape index (κ2) is 8.03. The molecule has 1 atom stereocenters. The van der Waals surface area contributed by atoms with Gasteiger partial charge in [-0.05, 0) is 30.3 Å². The molecular formula is C18H16F2N2O4. The van der Waals surface area contributed by atoms with Gasteiger partial charge in [-0.25, -0.2) is 13.6 Å². The van der Waals surface area contributed by atoms with Gasteiger partial charge in [-0.1, -0.05) is 18.2 Å². The minimum Gasteiger partial charge on any atom is -0.389 e. The maximum atomic E-state index is 13.5. The molecule has 0 spiro atoms. The third kappa shape index (κ3) is 4.41. The highest BCUT2D eigenvalue weighted by Gasteiger charge is 2.14. The lowest BCUT2D eigenvalue weighted by atomic mass is 10.2. The minimum atomic E-state index is -1.04. The average molecular weight is 362 g/mol. The molecule has 2 aromatic carbocycles. The number of rotatable bonds is 7. The molecule has 6 nitrogen and oxygen atoms in total. The first-order valence-corrected chi connectivity index (χ1v) is 7.86. The summed E-state index contributed by atoms with van der Waals surface area (Å²) in [6.45, 7) is -0.265. The fraction of sp³-hybridized carbons (Fsp3) is 0.222. The third-order valence-electron chi connectivity index (χ3n) is 3.61. The van der Waals surface area contributed by atoms with Crippen molar-refractivity contribution in [2.24, 2.45) is 0 Å². The van der Waals surface area contributed by atoms with Crippen molar-refractivity contribution in [3.8, 4) is 11.5 Å². The Labute approximate surface area is 147 Å². The number of nitrogens with zero attached hydrogens (tertiary/aromatic N) is 2. The Bertz CT molecular complexity index is 921. The number of aromatic nitrogens is 2. The van der Waals surface area contributed by atoms with Crippen molar-refractivity contribution in [2.75, 3.05) is 6.61 Å². The van der Waals surface area contributed by atoms with E-state index in [0.717, 1.165) is 4.68 Å². The molecule has 8 heteroatoms. The number of halogens is 2. The van der Waals surface area contributed by atoms with Crippen molar-refractivity contribution in [2.45, 2.75) is 19.3 Å². The van der Waals surface area contributed by atoms with Crippen molar-refractivity contribution in [3.63, 3.8) is 0 Å². The number of ether oxygens (including phenoxy) is 1. The Hall–Kier alpha value is -2.84. The van der Waals surface area contributed by atoms with Crippen LogP contribution in [0.15, 0.2) is 57.7 Å². The molecule has 0 unspecified atom stereocenters. The van der Waals surface area contributed by atoms with E-state index in [2.05, 4.69) is 5.10 Å². The van der Waals surface area contributed by atoms with E-state index >= 15 is 0 Å². The molecule has 3 aromatic rings. The molecule has 26 heavy (non-hydrogen) atoms. The Morgan fingerprint density at radius 1 is 1.15 bits per heavy atom. The maximum absolute atomic E-state index is 13.5. The Morgan fingerprint density at radius 3 is 2.62 bits per heavy atom. The van der Waals surface area contributed by atoms with E-state index in [-0.39, 0.29) is 25.6 Å². The molecule has 0 fully saturated rings. The van der Waals surface area contributed by atoms with Crippen molar-refractivity contribution >= 4 is 0 Å². The Morgan fingerprint density at radius 2 is 1.88 bits per heavy atom. The summed E-state index contributed by atoms with van der Waals surface area (Å²) in [6, 6.07) is 11.5. The van der Waals surface area contributed by atoms with Crippen LogP contribution in [-0.2, 0) is 17.9 Å². The molecule has 0 saturated carbocycles. The normalized spacial score (nSPS) is 12.3. The molecule has 0 radical (unpaired) electrons. The van der Waals surface area contributed by atoms with Crippen LogP contribution in [-0.4, -0.2) is 27.6 Å². The molecule has 1 N–H and O–H groups in total. The summed E-state index contributed by atoms with van der Waals surface area (Å²) in [5, 5.41) is 14.0. The molecular weight excluding hydrogens is 346 g/mol. The fourth-order valence-electron chi connectivity index (χ4n) is 2.30. The van der Waals surface area contributed by atoms with Crippen molar-refractivity contribution < 1.29 is 23.0 Å². The fourth-order valence-corrected chi connectivity index (χ4v) is 2.30. The standard InChI is InChI=1S/C18H16F2N2O4/c19-14-7-5-12(6-8-14)17-21-22(18(24)26-17)9-15(23)11-25-10-13-3-1-2-4-16(13)20/h1-8,15,23H,9-11H2/t15-/m0/s1. The topological polar surface area (TPSA) is 77.5 Å². The van der Waals surface area contributed by atoms with Crippen LogP contribution in [0.5, 0.6) is 0 Å². The van der Waals surface area contributed by atoms with Gasteiger partial charge in [0.2, 0.25) is 5.89 Å². The molecule has 0 saturated heterocycles. The van der Waals surface area contributed by atoms with Gasteiger partial charge in [0.1, 0.15) is 11.6 Å². The summed E-state index contributed by atoms with van der Waals surface area (Å²) in [4.78, 5) is 11.8. The molecule has 0 aliphatic carbocycles. The predicted octanol–water partition coefficient (Wildman–Crippen LogP) is 2.36. The SMILES string of the molecule is O=c1oc(-c2ccc(F)cc2)nn1C[C@H](O)COCc1ccccc1F. The first kappa shape index (κ1) is 18.0. The third-order valence-corrected chi connectivity index (χ3v) is 3.61. The van der Waals surface area contributed by atoms with Gasteiger partial charge in [0, 0.05) is 11.1 Å². The molecule has 1 aromatic heterocycles. The number of aliphatic hydroxyl groups excluding tert-OH is 1. The highest BCUT2D eigenvalue weighted by Crippen LogP contribution is 2.15. The van der Waals surface area contributed by atoms with Gasteiger partial charge in [-0.2, -0.15) is 4.68 Å². The molecule has 0 amide bonds. The van der Waals surface area contributed by atoms with Crippen LogP contribution in [0.2, 0.25) is 0 Å². The minimum absolute atomic E-state index is 0.00171. The number of aliphatic hydroxyl groups is 1. The average Bonchev–Trinajstić information content (AvgIpc) is 2.98. The van der Waals surface area contributed by atoms with Crippen molar-refractivity contribution in [1.82, 2.24) is 9.78 Å². The highest BCUT2D eigenvalue weighted by molar-refractivity contribution is 5.51. The predicted molar refractivity (Wildman–Crippen MR) is 88.2 cm³/mol. The second-order valence-corrected chi connectivity index (χ2v) is 5.62. The number of benzene rings is 2. The van der Waals surface area contributed by atoms with E-state index in [9.17, 15) is 18.7 Å². The van der Waals surface area contributed by atoms with Gasteiger partial charge in [0.25, 0.3) is 0 Å². The zero-order valence-corrected chi connectivity index (χ0v) is 13.6. The van der Waals surface area contributed by atoms with Gasteiger partial charge < -0.3 is 14.3 Å². The lowest BCUT2D eigenvalue weighted by molar-refractivity contribution is 0.0169. The van der Waals surface area contributed by atoms with Gasteiger partial charge in [-0.15, -0.1) is 5.10 Å². The van der Waals surface area contributed by atoms with E-state index in [4.69, 9.17) is 9.15 Å². The summed E-state index contributed by atoms with van der Waals surface area (Å²) in [5.74, 6) is -1.54. The first-order chi connectivity index (χ1) is 12.5. The number of hydrogen-bond acceptors (Lipinski definition) is 5. The van der Waals surface area contributed by atoms with E-state index < -0.39 is 23.5 Å². The summed E-state index contributed by atoms with van der Waals surface area (Å²) in [7, 11) is 0. The van der Waals surface area contributed by atoms with Crippen LogP contribution in [0.25, 0.3) is 11.5 Å². The van der Waals surface area contributed by atoms with Gasteiger partial charge in [0.15, 0.2) is 0 Å². The van der Waals surface area contributed by atoms with Crippen LogP contribution in [0.4, 0.5) is 8.78 Å². The van der Waals surface area contributed by atoms with Gasteiger partial charge in [-0.3, -0.25) is 0 Å². The quantitative estimate of drug-likeness (QED) is 0.698. The molecule has 3 rings (SSSR count). The molecule has 0 bridgehead atoms. The van der Waals surface area contributed by atoms with E-state index in [1.165, 1.54) is 30.3 Å².